The topological polar surface area (TPSA) is 102 Å². The zero-order chi connectivity index (χ0) is 16.6. The molecule has 0 bridgehead atoms. The van der Waals surface area contributed by atoms with Crippen LogP contribution < -0.4 is 11.1 Å². The van der Waals surface area contributed by atoms with Crippen LogP contribution in [0.5, 0.6) is 0 Å². The Morgan fingerprint density at radius 3 is 2.74 bits per heavy atom. The van der Waals surface area contributed by atoms with Crippen molar-refractivity contribution in [3.05, 3.63) is 18.2 Å². The number of imidazole rings is 1. The minimum atomic E-state index is -0.659. The Balaban J connectivity index is 1.76. The number of rotatable bonds is 2. The number of fused-ring (bicyclic) bond motifs is 2. The lowest BCUT2D eigenvalue weighted by molar-refractivity contribution is -0.169. The van der Waals surface area contributed by atoms with Gasteiger partial charge in [0, 0.05) is 44.4 Å². The van der Waals surface area contributed by atoms with Gasteiger partial charge in [-0.25, -0.2) is 9.78 Å². The van der Waals surface area contributed by atoms with Gasteiger partial charge in [0.05, 0.1) is 6.54 Å². The van der Waals surface area contributed by atoms with Gasteiger partial charge >= 0.3 is 6.03 Å². The van der Waals surface area contributed by atoms with Crippen molar-refractivity contribution in [3.63, 3.8) is 0 Å². The third-order valence-electron chi connectivity index (χ3n) is 4.44. The summed E-state index contributed by atoms with van der Waals surface area (Å²) in [5.41, 5.74) is 4.80. The van der Waals surface area contributed by atoms with Gasteiger partial charge in [0.2, 0.25) is 5.91 Å². The van der Waals surface area contributed by atoms with Crippen LogP contribution in [-0.4, -0.2) is 51.6 Å². The highest BCUT2D eigenvalue weighted by atomic mass is 16.5. The molecule has 1 saturated heterocycles. The van der Waals surface area contributed by atoms with Gasteiger partial charge < -0.3 is 25.3 Å². The van der Waals surface area contributed by atoms with Gasteiger partial charge in [-0.2, -0.15) is 0 Å². The Kier molecular flexibility index (Phi) is 4.01. The highest BCUT2D eigenvalue weighted by molar-refractivity contribution is 5.79. The van der Waals surface area contributed by atoms with Crippen molar-refractivity contribution in [1.29, 1.82) is 0 Å². The lowest BCUT2D eigenvalue weighted by atomic mass is 9.88. The summed E-state index contributed by atoms with van der Waals surface area (Å²) >= 11 is 0. The van der Waals surface area contributed by atoms with Crippen LogP contribution in [0.3, 0.4) is 0 Å². The van der Waals surface area contributed by atoms with E-state index < -0.39 is 17.6 Å². The first-order valence-corrected chi connectivity index (χ1v) is 7.95. The molecule has 8 heteroatoms. The van der Waals surface area contributed by atoms with E-state index in [9.17, 15) is 9.59 Å². The van der Waals surface area contributed by atoms with Gasteiger partial charge in [-0.05, 0) is 13.8 Å². The fraction of sp³-hybridized carbons (Fsp3) is 0.667. The second kappa shape index (κ2) is 5.84. The number of hydrogen-bond acceptors (Lipinski definition) is 4. The maximum Gasteiger partial charge on any atom is 0.317 e. The number of primary amides is 1. The van der Waals surface area contributed by atoms with Crippen molar-refractivity contribution in [2.24, 2.45) is 5.73 Å². The lowest BCUT2D eigenvalue weighted by Gasteiger charge is -2.45. The number of nitrogens with two attached hydrogens (primary N) is 1. The van der Waals surface area contributed by atoms with Crippen molar-refractivity contribution in [2.45, 2.75) is 51.0 Å². The molecule has 23 heavy (non-hydrogen) atoms. The number of nitrogens with one attached hydrogen (secondary N) is 1. The number of hydrogen-bond donors (Lipinski definition) is 2. The van der Waals surface area contributed by atoms with Crippen LogP contribution in [0, 0.1) is 0 Å². The average molecular weight is 321 g/mol. The molecule has 0 radical (unpaired) electrons. The molecular weight excluding hydrogens is 298 g/mol. The van der Waals surface area contributed by atoms with Crippen LogP contribution in [0.4, 0.5) is 4.79 Å². The van der Waals surface area contributed by atoms with E-state index in [4.69, 9.17) is 10.5 Å². The molecule has 0 aromatic carbocycles. The zero-order valence-electron chi connectivity index (χ0n) is 13.5. The maximum atomic E-state index is 12.1. The molecule has 1 aromatic rings. The molecule has 126 valence electrons. The lowest BCUT2D eigenvalue weighted by Crippen LogP contribution is -2.55. The van der Waals surface area contributed by atoms with E-state index in [1.807, 2.05) is 24.6 Å². The monoisotopic (exact) mass is 321 g/mol. The molecule has 3 heterocycles. The van der Waals surface area contributed by atoms with E-state index in [0.717, 1.165) is 5.82 Å². The zero-order valence-corrected chi connectivity index (χ0v) is 13.5. The molecule has 1 fully saturated rings. The molecule has 1 aromatic heterocycles. The van der Waals surface area contributed by atoms with Gasteiger partial charge in [0.15, 0.2) is 6.10 Å². The fourth-order valence-corrected chi connectivity index (χ4v) is 3.30. The number of urea groups is 1. The molecule has 3 rings (SSSR count). The van der Waals surface area contributed by atoms with Crippen molar-refractivity contribution < 1.29 is 14.3 Å². The Morgan fingerprint density at radius 1 is 1.43 bits per heavy atom. The van der Waals surface area contributed by atoms with Crippen molar-refractivity contribution >= 4 is 11.9 Å². The number of amides is 3. The Bertz CT molecular complexity index is 604. The molecule has 2 aliphatic heterocycles. The second-order valence-corrected chi connectivity index (χ2v) is 6.50. The number of aromatic nitrogens is 2. The highest BCUT2D eigenvalue weighted by Gasteiger charge is 2.47. The van der Waals surface area contributed by atoms with Crippen LogP contribution in [0.15, 0.2) is 12.4 Å². The number of nitrogens with zero attached hydrogens (tertiary/aromatic N) is 3. The van der Waals surface area contributed by atoms with Gasteiger partial charge in [0.25, 0.3) is 0 Å². The summed E-state index contributed by atoms with van der Waals surface area (Å²) in [4.78, 5) is 29.9. The minimum absolute atomic E-state index is 0.0690. The number of piperidine rings is 1. The quantitative estimate of drug-likeness (QED) is 0.811. The molecule has 3 N–H and O–H groups in total. The Hall–Kier alpha value is -2.09. The maximum absolute atomic E-state index is 12.1. The summed E-state index contributed by atoms with van der Waals surface area (Å²) in [7, 11) is 0. The molecule has 1 spiro atoms. The minimum Gasteiger partial charge on any atom is -0.367 e. The standard InChI is InChI=1S/C15H23N5O3/c1-10(2)18-14(22)19-6-3-15(4-7-19)13-17-5-8-20(13)9-11(23-15)12(16)21/h5,8,10-11H,3-4,6-7,9H2,1-2H3,(H2,16,21)(H,18,22). The number of carbonyl (C=O) groups excluding carboxylic acids is 2. The smallest absolute Gasteiger partial charge is 0.317 e. The third kappa shape index (κ3) is 2.90. The molecule has 1 unspecified atom stereocenters. The summed E-state index contributed by atoms with van der Waals surface area (Å²) in [6, 6.07) is 0.0305. The van der Waals surface area contributed by atoms with E-state index in [1.54, 1.807) is 11.1 Å². The molecule has 0 saturated carbocycles. The van der Waals surface area contributed by atoms with Gasteiger partial charge in [-0.3, -0.25) is 4.79 Å². The van der Waals surface area contributed by atoms with Crippen LogP contribution in [0.25, 0.3) is 0 Å². The number of carbonyl (C=O) groups is 2. The van der Waals surface area contributed by atoms with E-state index >= 15 is 0 Å². The molecule has 8 nitrogen and oxygen atoms in total. The predicted octanol–water partition coefficient (Wildman–Crippen LogP) is 0.176. The van der Waals surface area contributed by atoms with Gasteiger partial charge in [-0.1, -0.05) is 0 Å². The first kappa shape index (κ1) is 15.8. The van der Waals surface area contributed by atoms with Gasteiger partial charge in [0.1, 0.15) is 11.4 Å². The van der Waals surface area contributed by atoms with Crippen LogP contribution in [-0.2, 0) is 21.7 Å². The van der Waals surface area contributed by atoms with E-state index in [1.165, 1.54) is 0 Å². The summed E-state index contributed by atoms with van der Waals surface area (Å²) < 4.78 is 7.99. The summed E-state index contributed by atoms with van der Waals surface area (Å²) in [6.45, 7) is 5.36. The summed E-state index contributed by atoms with van der Waals surface area (Å²) in [5.74, 6) is 0.350. The Morgan fingerprint density at radius 2 is 2.13 bits per heavy atom. The van der Waals surface area contributed by atoms with Crippen molar-refractivity contribution in [3.8, 4) is 0 Å². The summed E-state index contributed by atoms with van der Waals surface area (Å²) in [6.07, 6.45) is 4.08. The number of likely N-dealkylation sites (tertiary alicyclic amines) is 1. The third-order valence-corrected chi connectivity index (χ3v) is 4.44. The van der Waals surface area contributed by atoms with Crippen LogP contribution >= 0.6 is 0 Å². The van der Waals surface area contributed by atoms with Gasteiger partial charge in [-0.15, -0.1) is 0 Å². The predicted molar refractivity (Wildman–Crippen MR) is 82.4 cm³/mol. The molecule has 1 atom stereocenters. The van der Waals surface area contributed by atoms with Crippen molar-refractivity contribution in [1.82, 2.24) is 19.8 Å². The van der Waals surface area contributed by atoms with E-state index in [0.29, 0.717) is 32.5 Å². The van der Waals surface area contributed by atoms with Crippen LogP contribution in [0.2, 0.25) is 0 Å². The van der Waals surface area contributed by atoms with E-state index in [2.05, 4.69) is 10.3 Å². The van der Waals surface area contributed by atoms with E-state index in [-0.39, 0.29) is 12.1 Å². The van der Waals surface area contributed by atoms with Crippen LogP contribution in [0.1, 0.15) is 32.5 Å². The number of ether oxygens (including phenoxy) is 1. The SMILES string of the molecule is CC(C)NC(=O)N1CCC2(CC1)OC(C(N)=O)Cn1ccnc12. The Labute approximate surface area is 135 Å². The highest BCUT2D eigenvalue weighted by Crippen LogP contribution is 2.39. The summed E-state index contributed by atoms with van der Waals surface area (Å²) in [5, 5.41) is 2.90. The average Bonchev–Trinajstić information content (AvgIpc) is 2.96. The molecular formula is C15H23N5O3. The fourth-order valence-electron chi connectivity index (χ4n) is 3.30. The molecule has 3 amide bonds. The first-order chi connectivity index (χ1) is 10.9. The first-order valence-electron chi connectivity index (χ1n) is 7.95. The molecule has 2 aliphatic rings. The van der Waals surface area contributed by atoms with Crippen molar-refractivity contribution in [2.75, 3.05) is 13.1 Å². The largest absolute Gasteiger partial charge is 0.367 e. The molecule has 0 aliphatic carbocycles. The second-order valence-electron chi connectivity index (χ2n) is 6.50. The normalized spacial score (nSPS) is 22.9.